The molecule has 5 rings (SSSR count). The Morgan fingerprint density at radius 2 is 1.89 bits per heavy atom. The van der Waals surface area contributed by atoms with E-state index in [0.717, 1.165) is 24.3 Å². The lowest BCUT2D eigenvalue weighted by Gasteiger charge is -2.28. The number of Topliss-reactive ketones (excluding diaryl/α,β-unsaturated/α-hetero) is 1. The zero-order valence-electron chi connectivity index (χ0n) is 19.3. The second-order valence-electron chi connectivity index (χ2n) is 8.78. The molecule has 1 saturated heterocycles. The minimum Gasteiger partial charge on any atom is -0.383 e. The second kappa shape index (κ2) is 10.2. The normalized spacial score (nSPS) is 18.0. The predicted molar refractivity (Wildman–Crippen MR) is 132 cm³/mol. The molecule has 3 aromatic rings. The molecule has 0 aliphatic carbocycles. The van der Waals surface area contributed by atoms with E-state index in [1.807, 2.05) is 36.4 Å². The Morgan fingerprint density at radius 3 is 2.63 bits per heavy atom. The van der Waals surface area contributed by atoms with Gasteiger partial charge in [0, 0.05) is 26.1 Å². The molecule has 3 heterocycles. The van der Waals surface area contributed by atoms with Crippen LogP contribution in [0.25, 0.3) is 0 Å². The average molecular weight is 475 g/mol. The number of rotatable bonds is 6. The highest BCUT2D eigenvalue weighted by Gasteiger charge is 2.32. The quantitative estimate of drug-likeness (QED) is 0.546. The van der Waals surface area contributed by atoms with Gasteiger partial charge in [-0.05, 0) is 35.9 Å². The fraction of sp³-hybridized carbons (Fsp3) is 0.296. The molecule has 8 heteroatoms. The van der Waals surface area contributed by atoms with Gasteiger partial charge in [0.05, 0.1) is 48.9 Å². The van der Waals surface area contributed by atoms with Crippen LogP contribution in [-0.2, 0) is 16.1 Å². The van der Waals surface area contributed by atoms with Gasteiger partial charge in [-0.15, -0.1) is 0 Å². The summed E-state index contributed by atoms with van der Waals surface area (Å²) in [5.41, 5.74) is 3.34. The number of carbonyl (C=O) groups is 2. The molecule has 1 amide bonds. The van der Waals surface area contributed by atoms with E-state index in [4.69, 9.17) is 4.74 Å². The third-order valence-electron chi connectivity index (χ3n) is 6.43. The molecule has 2 aliphatic rings. The van der Waals surface area contributed by atoms with Crippen LogP contribution in [0.4, 0.5) is 21.5 Å². The summed E-state index contributed by atoms with van der Waals surface area (Å²) in [6.45, 7) is 3.48. The lowest BCUT2D eigenvalue weighted by Crippen LogP contribution is -2.37. The van der Waals surface area contributed by atoms with Crippen LogP contribution in [0.3, 0.4) is 0 Å². The number of halogens is 1. The van der Waals surface area contributed by atoms with Gasteiger partial charge in [0.15, 0.2) is 5.78 Å². The minimum atomic E-state index is -0.609. The number of aromatic nitrogens is 1. The maximum atomic E-state index is 14.1. The number of anilines is 3. The lowest BCUT2D eigenvalue weighted by atomic mass is 9.98. The van der Waals surface area contributed by atoms with Gasteiger partial charge in [-0.3, -0.25) is 14.6 Å². The van der Waals surface area contributed by atoms with Crippen molar-refractivity contribution in [1.82, 2.24) is 4.98 Å². The van der Waals surface area contributed by atoms with Crippen molar-refractivity contribution >= 4 is 28.8 Å². The number of ketones is 1. The molecule has 0 radical (unpaired) electrons. The van der Waals surface area contributed by atoms with Crippen molar-refractivity contribution < 1.29 is 18.7 Å². The van der Waals surface area contributed by atoms with Gasteiger partial charge in [-0.1, -0.05) is 30.3 Å². The molecular weight excluding hydrogens is 447 g/mol. The van der Waals surface area contributed by atoms with E-state index in [0.29, 0.717) is 30.3 Å². The first-order valence-corrected chi connectivity index (χ1v) is 11.8. The number of ether oxygens (including phenoxy) is 1. The molecule has 2 aromatic carbocycles. The molecule has 0 spiro atoms. The number of carbonyl (C=O) groups excluding carboxylic acids is 2. The van der Waals surface area contributed by atoms with Crippen molar-refractivity contribution in [2.45, 2.75) is 13.0 Å². The fourth-order valence-electron chi connectivity index (χ4n) is 4.51. The van der Waals surface area contributed by atoms with E-state index in [1.165, 1.54) is 12.1 Å². The summed E-state index contributed by atoms with van der Waals surface area (Å²) < 4.78 is 19.5. The number of pyridine rings is 1. The van der Waals surface area contributed by atoms with E-state index >= 15 is 0 Å². The molecule has 1 fully saturated rings. The highest BCUT2D eigenvalue weighted by molar-refractivity contribution is 6.03. The number of hydrogen-bond donors (Lipinski definition) is 1. The van der Waals surface area contributed by atoms with Crippen molar-refractivity contribution in [2.75, 3.05) is 48.0 Å². The Kier molecular flexibility index (Phi) is 6.72. The first-order valence-electron chi connectivity index (χ1n) is 11.8. The summed E-state index contributed by atoms with van der Waals surface area (Å²) >= 11 is 0. The van der Waals surface area contributed by atoms with Crippen molar-refractivity contribution in [3.63, 3.8) is 0 Å². The van der Waals surface area contributed by atoms with Crippen molar-refractivity contribution in [2.24, 2.45) is 5.92 Å². The van der Waals surface area contributed by atoms with Gasteiger partial charge >= 0.3 is 0 Å². The highest BCUT2D eigenvalue weighted by Crippen LogP contribution is 2.33. The summed E-state index contributed by atoms with van der Waals surface area (Å²) in [7, 11) is 0. The molecule has 2 aliphatic heterocycles. The monoisotopic (exact) mass is 474 g/mol. The van der Waals surface area contributed by atoms with E-state index in [1.54, 1.807) is 23.2 Å². The van der Waals surface area contributed by atoms with Gasteiger partial charge in [0.1, 0.15) is 11.5 Å². The van der Waals surface area contributed by atoms with Crippen LogP contribution in [0.2, 0.25) is 0 Å². The van der Waals surface area contributed by atoms with E-state index in [-0.39, 0.29) is 31.2 Å². The summed E-state index contributed by atoms with van der Waals surface area (Å²) in [5.74, 6) is -1.45. The van der Waals surface area contributed by atoms with Gasteiger partial charge in [-0.25, -0.2) is 4.39 Å². The van der Waals surface area contributed by atoms with E-state index < -0.39 is 11.7 Å². The summed E-state index contributed by atoms with van der Waals surface area (Å²) in [4.78, 5) is 34.8. The molecule has 1 aromatic heterocycles. The number of nitrogens with one attached hydrogen (secondary N) is 1. The number of fused-ring (bicyclic) bond motifs is 1. The van der Waals surface area contributed by atoms with Crippen LogP contribution in [0, 0.1) is 11.7 Å². The molecule has 0 bridgehead atoms. The second-order valence-corrected chi connectivity index (χ2v) is 8.78. The topological polar surface area (TPSA) is 74.8 Å². The maximum Gasteiger partial charge on any atom is 0.232 e. The Hall–Kier alpha value is -3.78. The number of nitrogens with zero attached hydrogens (tertiary/aromatic N) is 3. The number of hydrogen-bond acceptors (Lipinski definition) is 6. The Balaban J connectivity index is 1.35. The van der Waals surface area contributed by atoms with Crippen LogP contribution in [0.15, 0.2) is 66.9 Å². The molecular formula is C27H27FN4O3. The van der Waals surface area contributed by atoms with Gasteiger partial charge < -0.3 is 19.9 Å². The van der Waals surface area contributed by atoms with Crippen LogP contribution in [0.5, 0.6) is 0 Å². The zero-order chi connectivity index (χ0) is 24.2. The third kappa shape index (κ3) is 5.17. The number of benzene rings is 2. The standard InChI is InChI=1S/C27H27FN4O3/c28-21-6-8-23-25(15-21)32(18-19-4-2-1-3-5-19)27(34)20(16-29-23)14-26(33)24-9-7-22(17-30-24)31-10-12-35-13-11-31/h1-9,15,17,20,29H,10-14,16,18H2/t20-/m0/s1. The van der Waals surface area contributed by atoms with Crippen LogP contribution >= 0.6 is 0 Å². The smallest absolute Gasteiger partial charge is 0.232 e. The maximum absolute atomic E-state index is 14.1. The van der Waals surface area contributed by atoms with E-state index in [2.05, 4.69) is 15.2 Å². The summed E-state index contributed by atoms with van der Waals surface area (Å²) in [6, 6.07) is 17.5. The zero-order valence-corrected chi connectivity index (χ0v) is 19.3. The van der Waals surface area contributed by atoms with Crippen molar-refractivity contribution in [1.29, 1.82) is 0 Å². The summed E-state index contributed by atoms with van der Waals surface area (Å²) in [5, 5.41) is 3.24. The van der Waals surface area contributed by atoms with Crippen molar-refractivity contribution in [3.8, 4) is 0 Å². The highest BCUT2D eigenvalue weighted by atomic mass is 19.1. The van der Waals surface area contributed by atoms with Crippen LogP contribution in [-0.4, -0.2) is 49.5 Å². The van der Waals surface area contributed by atoms with Crippen molar-refractivity contribution in [3.05, 3.63) is 83.9 Å². The van der Waals surface area contributed by atoms with Gasteiger partial charge in [0.25, 0.3) is 0 Å². The fourth-order valence-corrected chi connectivity index (χ4v) is 4.51. The largest absolute Gasteiger partial charge is 0.383 e. The van der Waals surface area contributed by atoms with Crippen LogP contribution < -0.4 is 15.1 Å². The molecule has 1 atom stereocenters. The van der Waals surface area contributed by atoms with Gasteiger partial charge in [-0.2, -0.15) is 0 Å². The Bertz CT molecular complexity index is 1200. The molecule has 0 unspecified atom stereocenters. The molecule has 180 valence electrons. The first kappa shape index (κ1) is 23.0. The molecule has 35 heavy (non-hydrogen) atoms. The lowest BCUT2D eigenvalue weighted by molar-refractivity contribution is -0.122. The average Bonchev–Trinajstić information content (AvgIpc) is 3.02. The number of amides is 1. The molecule has 0 saturated carbocycles. The SMILES string of the molecule is O=C(C[C@H]1CNc2ccc(F)cc2N(Cc2ccccc2)C1=O)c1ccc(N2CCOCC2)cn1. The first-order chi connectivity index (χ1) is 17.1. The number of morpholine rings is 1. The Labute approximate surface area is 203 Å². The summed E-state index contributed by atoms with van der Waals surface area (Å²) in [6.07, 6.45) is 1.71. The van der Waals surface area contributed by atoms with E-state index in [9.17, 15) is 14.0 Å². The Morgan fingerprint density at radius 1 is 1.09 bits per heavy atom. The third-order valence-corrected chi connectivity index (χ3v) is 6.43. The molecule has 1 N–H and O–H groups in total. The molecule has 7 nitrogen and oxygen atoms in total. The van der Waals surface area contributed by atoms with Crippen LogP contribution in [0.1, 0.15) is 22.5 Å². The van der Waals surface area contributed by atoms with Gasteiger partial charge in [0.2, 0.25) is 5.91 Å². The minimum absolute atomic E-state index is 0.0114. The predicted octanol–water partition coefficient (Wildman–Crippen LogP) is 3.91.